The third kappa shape index (κ3) is 9.50. The molecule has 17 nitrogen and oxygen atoms in total. The molecule has 0 saturated heterocycles. The molecule has 2 aliphatic carbocycles. The molecule has 0 bridgehead atoms. The van der Waals surface area contributed by atoms with Crippen molar-refractivity contribution in [3.05, 3.63) is 118 Å². The molecule has 10 rings (SSSR count). The Bertz CT molecular complexity index is 3170. The van der Waals surface area contributed by atoms with Gasteiger partial charge in [-0.2, -0.15) is 0 Å². The Balaban J connectivity index is 0.000000188. The number of carbonyl (C=O) groups is 2. The van der Waals surface area contributed by atoms with Crippen LogP contribution in [0.5, 0.6) is 69.0 Å². The molecule has 2 aliphatic heterocycles. The van der Waals surface area contributed by atoms with Crippen LogP contribution < -0.4 is 56.8 Å². The molecule has 0 spiro atoms. The topological polar surface area (TPSA) is 184 Å². The zero-order valence-corrected chi connectivity index (χ0v) is 45.3. The van der Waals surface area contributed by atoms with Gasteiger partial charge in [0, 0.05) is 39.3 Å². The smallest absolute Gasteiger partial charge is 0.338 e. The summed E-state index contributed by atoms with van der Waals surface area (Å²) >= 11 is 0. The van der Waals surface area contributed by atoms with E-state index in [0.29, 0.717) is 115 Å². The van der Waals surface area contributed by atoms with Crippen molar-refractivity contribution in [1.29, 1.82) is 0 Å². The fraction of sp³-hybridized carbons (Fsp3) is 0.367. The van der Waals surface area contributed by atoms with Crippen molar-refractivity contribution in [2.24, 2.45) is 17.8 Å². The van der Waals surface area contributed by atoms with Gasteiger partial charge in [-0.25, -0.2) is 9.59 Å². The van der Waals surface area contributed by atoms with E-state index in [1.807, 2.05) is 49.4 Å². The molecule has 0 aromatic heterocycles. The van der Waals surface area contributed by atoms with Crippen LogP contribution in [0.2, 0.25) is 0 Å². The Morgan fingerprint density at radius 1 is 0.506 bits per heavy atom. The predicted molar refractivity (Wildman–Crippen MR) is 283 cm³/mol. The molecule has 6 aromatic rings. The summed E-state index contributed by atoms with van der Waals surface area (Å²) in [6.45, 7) is 7.98. The van der Waals surface area contributed by atoms with Crippen LogP contribution in [0.3, 0.4) is 0 Å². The first-order chi connectivity index (χ1) is 37.2. The highest BCUT2D eigenvalue weighted by atomic mass is 16.7. The lowest BCUT2D eigenvalue weighted by molar-refractivity contribution is -0.107. The summed E-state index contributed by atoms with van der Waals surface area (Å²) in [4.78, 5) is 26.7. The Kier molecular flexibility index (Phi) is 15.5. The molecular weight excluding hydrogens is 993 g/mol. The lowest BCUT2D eigenvalue weighted by Gasteiger charge is -2.41. The number of hydrogen-bond donors (Lipinski definition) is 1. The maximum Gasteiger partial charge on any atom is 0.338 e. The van der Waals surface area contributed by atoms with Crippen LogP contribution in [-0.2, 0) is 22.3 Å². The second-order valence-corrected chi connectivity index (χ2v) is 19.3. The van der Waals surface area contributed by atoms with Gasteiger partial charge in [0.25, 0.3) is 0 Å². The van der Waals surface area contributed by atoms with Gasteiger partial charge in [-0.15, -0.1) is 0 Å². The van der Waals surface area contributed by atoms with Gasteiger partial charge in [0.2, 0.25) is 36.6 Å². The Morgan fingerprint density at radius 3 is 1.39 bits per heavy atom. The van der Waals surface area contributed by atoms with Gasteiger partial charge in [0.15, 0.2) is 52.1 Å². The maximum atomic E-state index is 13.4. The normalized spacial score (nSPS) is 20.2. The number of benzene rings is 6. The van der Waals surface area contributed by atoms with E-state index in [1.54, 1.807) is 84.9 Å². The molecule has 6 aromatic carbocycles. The molecule has 4 aliphatic rings. The highest BCUT2D eigenvalue weighted by Crippen LogP contribution is 2.61. The van der Waals surface area contributed by atoms with Gasteiger partial charge in [0.1, 0.15) is 11.7 Å². The Labute approximate surface area is 447 Å². The number of methoxy groups -OCH3 is 8. The number of fused-ring (bicyclic) bond motifs is 8. The average Bonchev–Trinajstić information content (AvgIpc) is 4.17. The Hall–Kier alpha value is -8.18. The van der Waals surface area contributed by atoms with E-state index < -0.39 is 29.7 Å². The van der Waals surface area contributed by atoms with E-state index in [2.05, 4.69) is 13.8 Å². The van der Waals surface area contributed by atoms with E-state index in [9.17, 15) is 14.7 Å². The van der Waals surface area contributed by atoms with E-state index in [1.165, 1.54) is 21.3 Å². The first kappa shape index (κ1) is 53.6. The SMILES string of the molecule is COc1cc2c(c(OC)c1OC)-c1c(cc3c(c1OC)OCO3)C[C@H](C)[C@@](C)(O)C2OC(=O)c1ccccc1.COc1cc2c(c(OC)c1OC)-c1c(cc3c(c1OC)OCO3)C[C@H](C)[C@H](C)C2OC(=O)c1ccccc1. The quantitative estimate of drug-likeness (QED) is 0.114. The zero-order valence-electron chi connectivity index (χ0n) is 45.3. The lowest BCUT2D eigenvalue weighted by atomic mass is 9.73. The largest absolute Gasteiger partial charge is 0.493 e. The monoisotopic (exact) mass is 1060 g/mol. The first-order valence-corrected chi connectivity index (χ1v) is 25.1. The molecule has 2 heterocycles. The van der Waals surface area contributed by atoms with Crippen LogP contribution in [-0.4, -0.2) is 93.1 Å². The molecule has 0 radical (unpaired) electrons. The summed E-state index contributed by atoms with van der Waals surface area (Å²) < 4.78 is 82.1. The van der Waals surface area contributed by atoms with Crippen LogP contribution in [0.25, 0.3) is 22.3 Å². The predicted octanol–water partition coefficient (Wildman–Crippen LogP) is 10.8. The van der Waals surface area contributed by atoms with Gasteiger partial charge in [-0.1, -0.05) is 57.2 Å². The summed E-state index contributed by atoms with van der Waals surface area (Å²) in [7, 11) is 12.4. The summed E-state index contributed by atoms with van der Waals surface area (Å²) in [6.07, 6.45) is -0.650. The third-order valence-electron chi connectivity index (χ3n) is 15.1. The van der Waals surface area contributed by atoms with Gasteiger partial charge in [-0.05, 0) is 91.3 Å². The minimum atomic E-state index is -1.51. The zero-order chi connectivity index (χ0) is 54.9. The van der Waals surface area contributed by atoms with Gasteiger partial charge in [0.05, 0.1) is 68.0 Å². The van der Waals surface area contributed by atoms with Crippen molar-refractivity contribution in [2.45, 2.75) is 58.3 Å². The number of hydrogen-bond acceptors (Lipinski definition) is 17. The molecule has 1 N–H and O–H groups in total. The minimum absolute atomic E-state index is 0.0507. The molecule has 0 fully saturated rings. The standard InChI is InChI=1S/C30H32O9.C30H32O8/c1-16-12-18-13-21-25(38-15-37-21)26(35-5)22(18)23-19(14-20(33-3)24(34-4)27(23)36-6)28(30(16,2)32)39-29(31)17-10-8-7-9-11-17;1-16-12-19-13-22-27(37-15-36-22)28(34-5)23(19)24-20(14-21(32-3)26(33-4)29(24)35-6)25(17(16)2)38-30(31)18-10-8-7-9-11-18/h7-11,13-14,16,28,32H,12,15H2,1-6H3;7-11,13-14,16-17,25H,12,15H2,1-6H3/t16-,28?,30+;16-,17-,25?/m00/s1. The Morgan fingerprint density at radius 2 is 0.935 bits per heavy atom. The fourth-order valence-electron chi connectivity index (χ4n) is 10.8. The lowest BCUT2D eigenvalue weighted by Crippen LogP contribution is -2.43. The number of rotatable bonds is 12. The van der Waals surface area contributed by atoms with Crippen molar-refractivity contribution in [2.75, 3.05) is 70.5 Å². The van der Waals surface area contributed by atoms with Crippen LogP contribution >= 0.6 is 0 Å². The summed E-state index contributed by atoms with van der Waals surface area (Å²) in [5, 5.41) is 12.1. The number of ether oxygens (including phenoxy) is 14. The average molecular weight is 1060 g/mol. The molecule has 17 heteroatoms. The summed E-state index contributed by atoms with van der Waals surface area (Å²) in [6, 6.07) is 25.1. The van der Waals surface area contributed by atoms with E-state index in [4.69, 9.17) is 66.3 Å². The molecular formula is C60H64O17. The molecule has 6 atom stereocenters. The minimum Gasteiger partial charge on any atom is -0.493 e. The van der Waals surface area contributed by atoms with Crippen molar-refractivity contribution < 1.29 is 81.0 Å². The van der Waals surface area contributed by atoms with E-state index >= 15 is 0 Å². The highest BCUT2D eigenvalue weighted by molar-refractivity contribution is 5.93. The van der Waals surface area contributed by atoms with Crippen LogP contribution in [0.15, 0.2) is 84.9 Å². The van der Waals surface area contributed by atoms with Crippen LogP contribution in [0.1, 0.15) is 82.9 Å². The molecule has 0 saturated carbocycles. The molecule has 2 unspecified atom stereocenters. The number of aliphatic hydroxyl groups is 1. The second kappa shape index (κ2) is 22.2. The van der Waals surface area contributed by atoms with Gasteiger partial charge < -0.3 is 71.4 Å². The van der Waals surface area contributed by atoms with Crippen molar-refractivity contribution >= 4 is 11.9 Å². The van der Waals surface area contributed by atoms with Crippen LogP contribution in [0.4, 0.5) is 0 Å². The number of carbonyl (C=O) groups excluding carboxylic acids is 2. The second-order valence-electron chi connectivity index (χ2n) is 19.3. The fourth-order valence-corrected chi connectivity index (χ4v) is 10.8. The van der Waals surface area contributed by atoms with Gasteiger partial charge >= 0.3 is 11.9 Å². The number of esters is 2. The molecule has 0 amide bonds. The van der Waals surface area contributed by atoms with E-state index in [-0.39, 0.29) is 31.3 Å². The van der Waals surface area contributed by atoms with E-state index in [0.717, 1.165) is 22.3 Å². The van der Waals surface area contributed by atoms with Crippen molar-refractivity contribution in [1.82, 2.24) is 0 Å². The third-order valence-corrected chi connectivity index (χ3v) is 15.1. The maximum absolute atomic E-state index is 13.4. The summed E-state index contributed by atoms with van der Waals surface area (Å²) in [5.41, 5.74) is 5.02. The summed E-state index contributed by atoms with van der Waals surface area (Å²) in [5.74, 6) is 4.17. The van der Waals surface area contributed by atoms with Gasteiger partial charge in [-0.3, -0.25) is 0 Å². The van der Waals surface area contributed by atoms with Crippen molar-refractivity contribution in [3.8, 4) is 91.2 Å². The molecule has 406 valence electrons. The van der Waals surface area contributed by atoms with Crippen LogP contribution in [0, 0.1) is 17.8 Å². The molecule has 77 heavy (non-hydrogen) atoms. The van der Waals surface area contributed by atoms with Crippen molar-refractivity contribution in [3.63, 3.8) is 0 Å². The highest BCUT2D eigenvalue weighted by Gasteiger charge is 2.48. The first-order valence-electron chi connectivity index (χ1n) is 25.1.